The molecule has 1 N–H and O–H groups in total. The Labute approximate surface area is 110 Å². The Morgan fingerprint density at radius 1 is 1.18 bits per heavy atom. The van der Waals surface area contributed by atoms with Gasteiger partial charge in [0.05, 0.1) is 5.52 Å². The maximum absolute atomic E-state index is 9.82. The largest absolute Gasteiger partial charge is 0.492 e. The fraction of sp³-hybridized carbons (Fsp3) is 0. The predicted octanol–water partition coefficient (Wildman–Crippen LogP) is 3.83. The zero-order valence-electron chi connectivity index (χ0n) is 8.59. The summed E-state index contributed by atoms with van der Waals surface area (Å²) < 4.78 is 1.69. The number of hydrogen-bond acceptors (Lipinski definition) is 4. The van der Waals surface area contributed by atoms with Crippen LogP contribution in [0.2, 0.25) is 0 Å². The molecule has 17 heavy (non-hydrogen) atoms. The van der Waals surface area contributed by atoms with Gasteiger partial charge in [0, 0.05) is 10.0 Å². The highest BCUT2D eigenvalue weighted by Gasteiger charge is 2.09. The van der Waals surface area contributed by atoms with Gasteiger partial charge in [0.15, 0.2) is 5.82 Å². The summed E-state index contributed by atoms with van der Waals surface area (Å²) in [6.07, 6.45) is 0. The van der Waals surface area contributed by atoms with Gasteiger partial charge in [-0.1, -0.05) is 28.1 Å². The molecule has 0 amide bonds. The summed E-state index contributed by atoms with van der Waals surface area (Å²) in [7, 11) is 0. The molecule has 0 bridgehead atoms. The Hall–Kier alpha value is -1.46. The lowest BCUT2D eigenvalue weighted by Crippen LogP contribution is -1.89. The number of benzene rings is 1. The molecule has 0 radical (unpaired) electrons. The molecular formula is C12H7BrN2OS. The monoisotopic (exact) mass is 306 g/mol. The van der Waals surface area contributed by atoms with E-state index in [9.17, 15) is 5.11 Å². The Morgan fingerprint density at radius 2 is 2.06 bits per heavy atom. The van der Waals surface area contributed by atoms with Gasteiger partial charge in [-0.25, -0.2) is 4.98 Å². The van der Waals surface area contributed by atoms with E-state index in [1.807, 2.05) is 35.7 Å². The van der Waals surface area contributed by atoms with Crippen molar-refractivity contribution in [2.24, 2.45) is 0 Å². The maximum Gasteiger partial charge on any atom is 0.232 e. The average Bonchev–Trinajstić information content (AvgIpc) is 2.77. The molecule has 0 fully saturated rings. The highest BCUT2D eigenvalue weighted by molar-refractivity contribution is 9.10. The number of hydrogen-bond donors (Lipinski definition) is 1. The van der Waals surface area contributed by atoms with Crippen LogP contribution in [0.15, 0.2) is 40.2 Å². The van der Waals surface area contributed by atoms with Gasteiger partial charge in [-0.15, -0.1) is 11.3 Å². The Balaban J connectivity index is 2.23. The zero-order chi connectivity index (χ0) is 11.8. The normalized spacial score (nSPS) is 10.9. The van der Waals surface area contributed by atoms with Crippen molar-refractivity contribution in [1.29, 1.82) is 0 Å². The van der Waals surface area contributed by atoms with Crippen LogP contribution in [0, 0.1) is 0 Å². The molecule has 5 heteroatoms. The van der Waals surface area contributed by atoms with Gasteiger partial charge in [0.1, 0.15) is 4.70 Å². The van der Waals surface area contributed by atoms with Crippen LogP contribution in [-0.4, -0.2) is 15.1 Å². The first-order valence-corrected chi connectivity index (χ1v) is 6.61. The van der Waals surface area contributed by atoms with Crippen molar-refractivity contribution in [1.82, 2.24) is 9.97 Å². The van der Waals surface area contributed by atoms with Gasteiger partial charge in [-0.3, -0.25) is 0 Å². The summed E-state index contributed by atoms with van der Waals surface area (Å²) in [6, 6.07) is 9.57. The molecule has 0 aliphatic heterocycles. The number of halogens is 1. The van der Waals surface area contributed by atoms with Crippen LogP contribution in [0.1, 0.15) is 0 Å². The zero-order valence-corrected chi connectivity index (χ0v) is 11.0. The first kappa shape index (κ1) is 10.7. The summed E-state index contributed by atoms with van der Waals surface area (Å²) in [4.78, 5) is 8.54. The van der Waals surface area contributed by atoms with Gasteiger partial charge in [-0.2, -0.15) is 4.98 Å². The van der Waals surface area contributed by atoms with E-state index in [1.54, 1.807) is 0 Å². The predicted molar refractivity (Wildman–Crippen MR) is 72.2 cm³/mol. The molecule has 0 unspecified atom stereocenters. The van der Waals surface area contributed by atoms with E-state index in [4.69, 9.17) is 0 Å². The molecule has 0 spiro atoms. The van der Waals surface area contributed by atoms with Gasteiger partial charge in [0.2, 0.25) is 5.88 Å². The second-order valence-corrected chi connectivity index (χ2v) is 5.35. The van der Waals surface area contributed by atoms with Crippen LogP contribution < -0.4 is 0 Å². The van der Waals surface area contributed by atoms with E-state index in [1.165, 1.54) is 11.3 Å². The number of nitrogens with zero attached hydrogens (tertiary/aromatic N) is 2. The van der Waals surface area contributed by atoms with Crippen molar-refractivity contribution in [3.05, 3.63) is 40.2 Å². The van der Waals surface area contributed by atoms with Crippen LogP contribution in [0.25, 0.3) is 21.6 Å². The standard InChI is InChI=1S/C12H7BrN2OS/c13-8-3-1-2-7(6-8)11-14-9-4-5-17-10(9)12(16)15-11/h1-6H,(H,14,15,16). The first-order valence-electron chi connectivity index (χ1n) is 4.94. The van der Waals surface area contributed by atoms with Gasteiger partial charge < -0.3 is 5.11 Å². The number of rotatable bonds is 1. The van der Waals surface area contributed by atoms with Crippen LogP contribution in [-0.2, 0) is 0 Å². The Morgan fingerprint density at radius 3 is 2.88 bits per heavy atom. The van der Waals surface area contributed by atoms with E-state index >= 15 is 0 Å². The molecule has 2 heterocycles. The Kier molecular flexibility index (Phi) is 2.57. The van der Waals surface area contributed by atoms with Gasteiger partial charge >= 0.3 is 0 Å². The Bertz CT molecular complexity index is 696. The highest BCUT2D eigenvalue weighted by atomic mass is 79.9. The lowest BCUT2D eigenvalue weighted by atomic mass is 10.2. The van der Waals surface area contributed by atoms with Crippen molar-refractivity contribution < 1.29 is 5.11 Å². The fourth-order valence-electron chi connectivity index (χ4n) is 1.60. The quantitative estimate of drug-likeness (QED) is 0.743. The average molecular weight is 307 g/mol. The summed E-state index contributed by atoms with van der Waals surface area (Å²) in [5.41, 5.74) is 1.65. The van der Waals surface area contributed by atoms with Crippen molar-refractivity contribution in [3.8, 4) is 17.3 Å². The van der Waals surface area contributed by atoms with E-state index in [0.717, 1.165) is 20.3 Å². The van der Waals surface area contributed by atoms with E-state index in [-0.39, 0.29) is 5.88 Å². The SMILES string of the molecule is Oc1nc(-c2cccc(Br)c2)nc2ccsc12. The summed E-state index contributed by atoms with van der Waals surface area (Å²) in [6.45, 7) is 0. The maximum atomic E-state index is 9.82. The van der Waals surface area contributed by atoms with Crippen molar-refractivity contribution in [2.75, 3.05) is 0 Å². The summed E-state index contributed by atoms with van der Waals surface area (Å²) in [5, 5.41) is 11.7. The smallest absolute Gasteiger partial charge is 0.232 e. The molecule has 84 valence electrons. The third-order valence-electron chi connectivity index (χ3n) is 2.37. The van der Waals surface area contributed by atoms with Crippen LogP contribution in [0.4, 0.5) is 0 Å². The van der Waals surface area contributed by atoms with Crippen molar-refractivity contribution in [3.63, 3.8) is 0 Å². The minimum Gasteiger partial charge on any atom is -0.492 e. The molecular weight excluding hydrogens is 300 g/mol. The van der Waals surface area contributed by atoms with Crippen LogP contribution >= 0.6 is 27.3 Å². The molecule has 0 saturated carbocycles. The van der Waals surface area contributed by atoms with Crippen LogP contribution in [0.3, 0.4) is 0 Å². The van der Waals surface area contributed by atoms with Gasteiger partial charge in [-0.05, 0) is 23.6 Å². The third kappa shape index (κ3) is 1.92. The van der Waals surface area contributed by atoms with Crippen LogP contribution in [0.5, 0.6) is 5.88 Å². The second-order valence-electron chi connectivity index (χ2n) is 3.52. The number of aromatic nitrogens is 2. The number of thiophene rings is 1. The molecule has 0 aliphatic rings. The molecule has 1 aromatic carbocycles. The third-order valence-corrected chi connectivity index (χ3v) is 3.76. The molecule has 0 aliphatic carbocycles. The summed E-state index contributed by atoms with van der Waals surface area (Å²) >= 11 is 4.84. The molecule has 0 atom stereocenters. The second kappa shape index (κ2) is 4.09. The molecule has 3 nitrogen and oxygen atoms in total. The number of fused-ring (bicyclic) bond motifs is 1. The van der Waals surface area contributed by atoms with E-state index < -0.39 is 0 Å². The molecule has 0 saturated heterocycles. The van der Waals surface area contributed by atoms with Gasteiger partial charge in [0.25, 0.3) is 0 Å². The number of aromatic hydroxyl groups is 1. The van der Waals surface area contributed by atoms with Crippen molar-refractivity contribution in [2.45, 2.75) is 0 Å². The molecule has 2 aromatic heterocycles. The topological polar surface area (TPSA) is 46.0 Å². The van der Waals surface area contributed by atoms with E-state index in [0.29, 0.717) is 5.82 Å². The summed E-state index contributed by atoms with van der Waals surface area (Å²) in [5.74, 6) is 0.578. The van der Waals surface area contributed by atoms with Crippen molar-refractivity contribution >= 4 is 37.5 Å². The molecule has 3 rings (SSSR count). The molecule has 3 aromatic rings. The highest BCUT2D eigenvalue weighted by Crippen LogP contribution is 2.30. The first-order chi connectivity index (χ1) is 8.24. The lowest BCUT2D eigenvalue weighted by molar-refractivity contribution is 0.461. The minimum atomic E-state index is 0.0416. The minimum absolute atomic E-state index is 0.0416. The fourth-order valence-corrected chi connectivity index (χ4v) is 2.72. The lowest BCUT2D eigenvalue weighted by Gasteiger charge is -2.02. The van der Waals surface area contributed by atoms with E-state index in [2.05, 4.69) is 25.9 Å².